The summed E-state index contributed by atoms with van der Waals surface area (Å²) in [7, 11) is 5.54. The molecule has 0 spiro atoms. The number of aromatic nitrogens is 4. The van der Waals surface area contributed by atoms with E-state index in [1.165, 1.54) is 0 Å². The molecule has 0 saturated carbocycles. The minimum Gasteiger partial charge on any atom is -0.496 e. The Hall–Kier alpha value is -3.40. The lowest BCUT2D eigenvalue weighted by Crippen LogP contribution is -2.51. The van der Waals surface area contributed by atoms with Crippen LogP contribution in [0.15, 0.2) is 24.4 Å². The number of nitrogens with one attached hydrogen (secondary N) is 3. The minimum absolute atomic E-state index is 0.212. The first kappa shape index (κ1) is 22.4. The molecule has 5 rings (SSSR count). The fraction of sp³-hybridized carbons (Fsp3) is 0.500. The van der Waals surface area contributed by atoms with E-state index >= 15 is 0 Å². The number of anilines is 3. The van der Waals surface area contributed by atoms with Gasteiger partial charge in [-0.25, -0.2) is 4.98 Å². The number of ether oxygens (including phenoxy) is 1. The molecule has 0 aromatic carbocycles. The SMILES string of the molecule is COc1ccnc2cc(Nc3cc(C)[nH]n3)nc(NC3C[C@H]4CC[C@@H](C3)N4C(=O)CN(C)C)c12. The zero-order valence-electron chi connectivity index (χ0n) is 20.1. The van der Waals surface area contributed by atoms with Gasteiger partial charge in [-0.15, -0.1) is 0 Å². The van der Waals surface area contributed by atoms with Gasteiger partial charge in [-0.3, -0.25) is 14.9 Å². The molecule has 10 nitrogen and oxygen atoms in total. The second kappa shape index (κ2) is 9.09. The number of hydrogen-bond acceptors (Lipinski definition) is 8. The van der Waals surface area contributed by atoms with Gasteiger partial charge in [-0.2, -0.15) is 5.10 Å². The number of methoxy groups -OCH3 is 1. The topological polar surface area (TPSA) is 111 Å². The molecule has 3 atom stereocenters. The second-order valence-electron chi connectivity index (χ2n) is 9.56. The first-order valence-corrected chi connectivity index (χ1v) is 11.8. The van der Waals surface area contributed by atoms with E-state index in [0.717, 1.165) is 53.8 Å². The number of aromatic amines is 1. The van der Waals surface area contributed by atoms with E-state index in [1.54, 1.807) is 13.3 Å². The molecule has 5 heterocycles. The molecule has 0 radical (unpaired) electrons. The standard InChI is InChI=1S/C24H32N8O2/c1-14-9-21(30-29-14)27-20-12-18-23(19(34-4)7-8-25-18)24(28-20)26-15-10-16-5-6-17(11-15)32(16)22(33)13-31(2)3/h7-9,12,15-17H,5-6,10-11,13H2,1-4H3,(H3,26,27,28,29,30)/t15?,16-,17+. The largest absolute Gasteiger partial charge is 0.496 e. The van der Waals surface area contributed by atoms with Crippen LogP contribution in [0.2, 0.25) is 0 Å². The number of amides is 1. The molecule has 180 valence electrons. The van der Waals surface area contributed by atoms with E-state index in [4.69, 9.17) is 9.72 Å². The van der Waals surface area contributed by atoms with Gasteiger partial charge in [0, 0.05) is 42.1 Å². The molecular formula is C24H32N8O2. The molecule has 34 heavy (non-hydrogen) atoms. The van der Waals surface area contributed by atoms with Crippen LogP contribution in [0.25, 0.3) is 10.9 Å². The number of fused-ring (bicyclic) bond motifs is 3. The number of rotatable bonds is 7. The van der Waals surface area contributed by atoms with E-state index in [-0.39, 0.29) is 24.0 Å². The fourth-order valence-corrected chi connectivity index (χ4v) is 5.34. The highest BCUT2D eigenvalue weighted by Gasteiger charge is 2.43. The van der Waals surface area contributed by atoms with Crippen LogP contribution in [0.5, 0.6) is 5.75 Å². The first-order chi connectivity index (χ1) is 16.4. The molecule has 3 aromatic rings. The smallest absolute Gasteiger partial charge is 0.237 e. The highest BCUT2D eigenvalue weighted by molar-refractivity contribution is 5.96. The van der Waals surface area contributed by atoms with Crippen molar-refractivity contribution in [2.45, 2.75) is 50.7 Å². The van der Waals surface area contributed by atoms with Gasteiger partial charge in [-0.05, 0) is 52.8 Å². The van der Waals surface area contributed by atoms with Crippen LogP contribution < -0.4 is 15.4 Å². The Morgan fingerprint density at radius 3 is 2.65 bits per heavy atom. The minimum atomic E-state index is 0.212. The number of aryl methyl sites for hydroxylation is 1. The van der Waals surface area contributed by atoms with Crippen molar-refractivity contribution in [3.05, 3.63) is 30.1 Å². The summed E-state index contributed by atoms with van der Waals surface area (Å²) >= 11 is 0. The number of piperidine rings is 1. The van der Waals surface area contributed by atoms with Crippen LogP contribution in [0.4, 0.5) is 17.5 Å². The summed E-state index contributed by atoms with van der Waals surface area (Å²) in [5, 5.41) is 15.0. The molecule has 1 unspecified atom stereocenters. The fourth-order valence-electron chi connectivity index (χ4n) is 5.34. The molecule has 2 aliphatic heterocycles. The van der Waals surface area contributed by atoms with Gasteiger partial charge in [0.1, 0.15) is 17.4 Å². The van der Waals surface area contributed by atoms with Crippen molar-refractivity contribution < 1.29 is 9.53 Å². The lowest BCUT2D eigenvalue weighted by molar-refractivity contribution is -0.136. The van der Waals surface area contributed by atoms with Crippen molar-refractivity contribution >= 4 is 34.3 Å². The maximum absolute atomic E-state index is 12.8. The first-order valence-electron chi connectivity index (χ1n) is 11.8. The quantitative estimate of drug-likeness (QED) is 0.489. The van der Waals surface area contributed by atoms with E-state index in [1.807, 2.05) is 44.1 Å². The van der Waals surface area contributed by atoms with Crippen LogP contribution in [0.1, 0.15) is 31.4 Å². The third-order valence-corrected chi connectivity index (χ3v) is 6.68. The average molecular weight is 465 g/mol. The molecule has 3 aromatic heterocycles. The summed E-state index contributed by atoms with van der Waals surface area (Å²) in [5.74, 6) is 3.04. The Morgan fingerprint density at radius 2 is 2.00 bits per heavy atom. The average Bonchev–Trinajstić information content (AvgIpc) is 3.32. The Labute approximate surface area is 199 Å². The molecule has 1 amide bonds. The summed E-state index contributed by atoms with van der Waals surface area (Å²) in [6.07, 6.45) is 5.65. The van der Waals surface area contributed by atoms with Gasteiger partial charge >= 0.3 is 0 Å². The second-order valence-corrected chi connectivity index (χ2v) is 9.56. The Bertz CT molecular complexity index is 1180. The highest BCUT2D eigenvalue weighted by atomic mass is 16.5. The molecular weight excluding hydrogens is 432 g/mol. The van der Waals surface area contributed by atoms with Crippen LogP contribution in [0.3, 0.4) is 0 Å². The molecule has 10 heteroatoms. The number of pyridine rings is 2. The normalized spacial score (nSPS) is 21.8. The summed E-state index contributed by atoms with van der Waals surface area (Å²) in [6.45, 7) is 2.41. The zero-order valence-corrected chi connectivity index (χ0v) is 20.1. The van der Waals surface area contributed by atoms with Gasteiger partial charge in [0.2, 0.25) is 5.91 Å². The van der Waals surface area contributed by atoms with Crippen molar-refractivity contribution in [2.24, 2.45) is 0 Å². The number of carbonyl (C=O) groups is 1. The van der Waals surface area contributed by atoms with Crippen LogP contribution >= 0.6 is 0 Å². The lowest BCUT2D eigenvalue weighted by atomic mass is 9.97. The lowest BCUT2D eigenvalue weighted by Gasteiger charge is -2.40. The van der Waals surface area contributed by atoms with Gasteiger partial charge in [0.05, 0.1) is 24.6 Å². The maximum Gasteiger partial charge on any atom is 0.237 e. The number of H-pyrrole nitrogens is 1. The van der Waals surface area contributed by atoms with Gasteiger partial charge in [-0.1, -0.05) is 0 Å². The summed E-state index contributed by atoms with van der Waals surface area (Å²) in [6, 6.07) is 6.43. The predicted octanol–water partition coefficient (Wildman–Crippen LogP) is 2.91. The van der Waals surface area contributed by atoms with Gasteiger partial charge < -0.3 is 25.2 Å². The van der Waals surface area contributed by atoms with Crippen LogP contribution in [0, 0.1) is 6.92 Å². The predicted molar refractivity (Wildman–Crippen MR) is 132 cm³/mol. The van der Waals surface area contributed by atoms with Crippen molar-refractivity contribution in [3.63, 3.8) is 0 Å². The molecule has 0 aliphatic carbocycles. The van der Waals surface area contributed by atoms with Crippen molar-refractivity contribution in [1.29, 1.82) is 0 Å². The highest BCUT2D eigenvalue weighted by Crippen LogP contribution is 2.39. The maximum atomic E-state index is 12.8. The van der Waals surface area contributed by atoms with Crippen molar-refractivity contribution in [1.82, 2.24) is 30.0 Å². The molecule has 3 N–H and O–H groups in total. The molecule has 2 saturated heterocycles. The zero-order chi connectivity index (χ0) is 23.8. The van der Waals surface area contributed by atoms with E-state index < -0.39 is 0 Å². The summed E-state index contributed by atoms with van der Waals surface area (Å²) < 4.78 is 5.64. The third-order valence-electron chi connectivity index (χ3n) is 6.68. The number of carbonyl (C=O) groups excluding carboxylic acids is 1. The van der Waals surface area contributed by atoms with Gasteiger partial charge in [0.15, 0.2) is 5.82 Å². The van der Waals surface area contributed by atoms with Crippen LogP contribution in [-0.4, -0.2) is 81.7 Å². The molecule has 2 aliphatic rings. The molecule has 2 fully saturated rings. The third kappa shape index (κ3) is 4.37. The summed E-state index contributed by atoms with van der Waals surface area (Å²) in [4.78, 5) is 26.4. The van der Waals surface area contributed by atoms with Crippen molar-refractivity contribution in [2.75, 3.05) is 38.4 Å². The Balaban J connectivity index is 1.42. The number of hydrogen-bond donors (Lipinski definition) is 3. The van der Waals surface area contributed by atoms with Gasteiger partial charge in [0.25, 0.3) is 0 Å². The molecule has 2 bridgehead atoms. The monoisotopic (exact) mass is 464 g/mol. The van der Waals surface area contributed by atoms with Crippen molar-refractivity contribution in [3.8, 4) is 5.75 Å². The summed E-state index contributed by atoms with van der Waals surface area (Å²) in [5.41, 5.74) is 1.75. The number of nitrogens with zero attached hydrogens (tertiary/aromatic N) is 5. The van der Waals surface area contributed by atoms with E-state index in [2.05, 4.69) is 30.7 Å². The number of likely N-dealkylation sites (N-methyl/N-ethyl adjacent to an activating group) is 1. The van der Waals surface area contributed by atoms with E-state index in [0.29, 0.717) is 18.2 Å². The Kier molecular flexibility index (Phi) is 5.99. The Morgan fingerprint density at radius 1 is 1.24 bits per heavy atom. The van der Waals surface area contributed by atoms with Crippen LogP contribution in [-0.2, 0) is 4.79 Å². The van der Waals surface area contributed by atoms with E-state index in [9.17, 15) is 4.79 Å².